The van der Waals surface area contributed by atoms with E-state index in [-0.39, 0.29) is 18.0 Å². The summed E-state index contributed by atoms with van der Waals surface area (Å²) < 4.78 is 10.6. The molecule has 0 aliphatic carbocycles. The molecule has 134 valence electrons. The summed E-state index contributed by atoms with van der Waals surface area (Å²) in [7, 11) is 0. The van der Waals surface area contributed by atoms with Crippen LogP contribution in [0.15, 0.2) is 28.9 Å². The summed E-state index contributed by atoms with van der Waals surface area (Å²) in [5.41, 5.74) is 2.84. The van der Waals surface area contributed by atoms with E-state index in [9.17, 15) is 9.59 Å². The van der Waals surface area contributed by atoms with E-state index in [4.69, 9.17) is 9.15 Å². The predicted octanol–water partition coefficient (Wildman–Crippen LogP) is 3.02. The molecule has 25 heavy (non-hydrogen) atoms. The van der Waals surface area contributed by atoms with Crippen molar-refractivity contribution in [2.24, 2.45) is 0 Å². The smallest absolute Gasteiger partial charge is 0.409 e. The fourth-order valence-electron chi connectivity index (χ4n) is 3.20. The quantitative estimate of drug-likeness (QED) is 0.925. The number of ether oxygens (including phenoxy) is 1. The van der Waals surface area contributed by atoms with Crippen LogP contribution in [0.25, 0.3) is 11.0 Å². The zero-order valence-electron chi connectivity index (χ0n) is 14.7. The molecule has 0 radical (unpaired) electrons. The van der Waals surface area contributed by atoms with Gasteiger partial charge in [-0.25, -0.2) is 4.79 Å². The van der Waals surface area contributed by atoms with Crippen LogP contribution in [0.3, 0.4) is 0 Å². The number of aryl methyl sites for hydroxylation is 1. The molecule has 0 saturated carbocycles. The number of rotatable bonds is 4. The van der Waals surface area contributed by atoms with Crippen molar-refractivity contribution < 1.29 is 18.7 Å². The number of carbonyl (C=O) groups is 2. The molecule has 1 saturated heterocycles. The number of hydrogen-bond donors (Lipinski definition) is 1. The minimum atomic E-state index is -0.271. The number of amides is 2. The van der Waals surface area contributed by atoms with E-state index < -0.39 is 0 Å². The Morgan fingerprint density at radius 2 is 2.08 bits per heavy atom. The van der Waals surface area contributed by atoms with E-state index in [1.54, 1.807) is 18.1 Å². The van der Waals surface area contributed by atoms with Crippen molar-refractivity contribution in [2.75, 3.05) is 19.7 Å². The van der Waals surface area contributed by atoms with E-state index in [0.717, 1.165) is 34.9 Å². The van der Waals surface area contributed by atoms with Gasteiger partial charge >= 0.3 is 6.09 Å². The molecule has 0 atom stereocenters. The Morgan fingerprint density at radius 3 is 2.80 bits per heavy atom. The van der Waals surface area contributed by atoms with Crippen molar-refractivity contribution in [1.82, 2.24) is 10.2 Å². The first-order chi connectivity index (χ1) is 12.1. The van der Waals surface area contributed by atoms with Crippen LogP contribution >= 0.6 is 0 Å². The van der Waals surface area contributed by atoms with E-state index in [1.807, 2.05) is 25.1 Å². The van der Waals surface area contributed by atoms with Crippen LogP contribution in [0.4, 0.5) is 4.79 Å². The van der Waals surface area contributed by atoms with Gasteiger partial charge in [0, 0.05) is 30.1 Å². The number of fused-ring (bicyclic) bond motifs is 1. The molecular formula is C19H24N2O4. The molecule has 0 bridgehead atoms. The predicted molar refractivity (Wildman–Crippen MR) is 94.4 cm³/mol. The minimum absolute atomic E-state index is 0.0159. The summed E-state index contributed by atoms with van der Waals surface area (Å²) in [5, 5.41) is 4.05. The number of hydrogen-bond acceptors (Lipinski definition) is 4. The van der Waals surface area contributed by atoms with Crippen LogP contribution in [0.5, 0.6) is 0 Å². The zero-order chi connectivity index (χ0) is 17.8. The second-order valence-electron chi connectivity index (χ2n) is 6.47. The number of likely N-dealkylation sites (tertiary alicyclic amines) is 1. The van der Waals surface area contributed by atoms with Crippen LogP contribution in [0.1, 0.15) is 30.9 Å². The Kier molecular flexibility index (Phi) is 5.26. The highest BCUT2D eigenvalue weighted by molar-refractivity contribution is 5.88. The number of carbonyl (C=O) groups excluding carboxylic acids is 2. The van der Waals surface area contributed by atoms with Gasteiger partial charge in [-0.1, -0.05) is 12.1 Å². The summed E-state index contributed by atoms with van der Waals surface area (Å²) in [6.45, 7) is 5.41. The van der Waals surface area contributed by atoms with Crippen molar-refractivity contribution in [3.8, 4) is 0 Å². The van der Waals surface area contributed by atoms with Gasteiger partial charge in [0.2, 0.25) is 5.91 Å². The molecule has 6 nitrogen and oxygen atoms in total. The van der Waals surface area contributed by atoms with Crippen molar-refractivity contribution in [3.05, 3.63) is 35.6 Å². The average molecular weight is 344 g/mol. The van der Waals surface area contributed by atoms with Gasteiger partial charge in [0.15, 0.2) is 0 Å². The second-order valence-corrected chi connectivity index (χ2v) is 6.47. The lowest BCUT2D eigenvalue weighted by molar-refractivity contribution is -0.121. The lowest BCUT2D eigenvalue weighted by Gasteiger charge is -2.31. The topological polar surface area (TPSA) is 71.8 Å². The highest BCUT2D eigenvalue weighted by Gasteiger charge is 2.24. The van der Waals surface area contributed by atoms with Gasteiger partial charge in [0.25, 0.3) is 0 Å². The Morgan fingerprint density at radius 1 is 1.32 bits per heavy atom. The SMILES string of the molecule is CCOC(=O)N1CCC(NC(=O)Cc2coc3cc(C)ccc23)CC1. The van der Waals surface area contributed by atoms with E-state index in [0.29, 0.717) is 26.1 Å². The van der Waals surface area contributed by atoms with Crippen LogP contribution in [0.2, 0.25) is 0 Å². The molecule has 0 spiro atoms. The maximum absolute atomic E-state index is 12.3. The highest BCUT2D eigenvalue weighted by atomic mass is 16.6. The Labute approximate surface area is 147 Å². The number of nitrogens with zero attached hydrogens (tertiary/aromatic N) is 1. The monoisotopic (exact) mass is 344 g/mol. The van der Waals surface area contributed by atoms with Gasteiger partial charge in [-0.15, -0.1) is 0 Å². The van der Waals surface area contributed by atoms with Crippen LogP contribution < -0.4 is 5.32 Å². The molecule has 1 aliphatic heterocycles. The Balaban J connectivity index is 1.52. The normalized spacial score (nSPS) is 15.4. The van der Waals surface area contributed by atoms with E-state index in [1.165, 1.54) is 0 Å². The van der Waals surface area contributed by atoms with Crippen LogP contribution in [0, 0.1) is 6.92 Å². The largest absolute Gasteiger partial charge is 0.464 e. The van der Waals surface area contributed by atoms with Crippen molar-refractivity contribution in [2.45, 2.75) is 39.2 Å². The first-order valence-corrected chi connectivity index (χ1v) is 8.74. The summed E-state index contributed by atoms with van der Waals surface area (Å²) >= 11 is 0. The Hall–Kier alpha value is -2.50. The third kappa shape index (κ3) is 4.13. The van der Waals surface area contributed by atoms with Crippen LogP contribution in [-0.2, 0) is 16.0 Å². The molecule has 1 N–H and O–H groups in total. The summed E-state index contributed by atoms with van der Waals surface area (Å²) in [4.78, 5) is 25.7. The van der Waals surface area contributed by atoms with E-state index in [2.05, 4.69) is 5.32 Å². The molecule has 1 aromatic heterocycles. The van der Waals surface area contributed by atoms with Gasteiger partial charge < -0.3 is 19.4 Å². The number of nitrogens with one attached hydrogen (secondary N) is 1. The minimum Gasteiger partial charge on any atom is -0.464 e. The number of furan rings is 1. The molecule has 2 heterocycles. The van der Waals surface area contributed by atoms with Gasteiger partial charge in [0.05, 0.1) is 19.3 Å². The second kappa shape index (κ2) is 7.59. The fraction of sp³-hybridized carbons (Fsp3) is 0.474. The standard InChI is InChI=1S/C19H24N2O4/c1-3-24-19(23)21-8-6-15(7-9-21)20-18(22)11-14-12-25-17-10-13(2)4-5-16(14)17/h4-5,10,12,15H,3,6-9,11H2,1-2H3,(H,20,22). The molecule has 1 fully saturated rings. The van der Waals surface area contributed by atoms with Crippen molar-refractivity contribution >= 4 is 23.0 Å². The lowest BCUT2D eigenvalue weighted by Crippen LogP contribution is -2.47. The molecule has 2 aromatic rings. The average Bonchev–Trinajstić information content (AvgIpc) is 2.97. The Bertz CT molecular complexity index is 760. The van der Waals surface area contributed by atoms with Gasteiger partial charge in [-0.2, -0.15) is 0 Å². The number of piperidine rings is 1. The zero-order valence-corrected chi connectivity index (χ0v) is 14.7. The molecule has 3 rings (SSSR count). The maximum atomic E-state index is 12.3. The van der Waals surface area contributed by atoms with Gasteiger partial charge in [-0.3, -0.25) is 4.79 Å². The molecule has 0 unspecified atom stereocenters. The number of benzene rings is 1. The van der Waals surface area contributed by atoms with Gasteiger partial charge in [-0.05, 0) is 38.3 Å². The third-order valence-electron chi connectivity index (χ3n) is 4.55. The van der Waals surface area contributed by atoms with Gasteiger partial charge in [0.1, 0.15) is 5.58 Å². The maximum Gasteiger partial charge on any atom is 0.409 e. The van der Waals surface area contributed by atoms with Crippen LogP contribution in [-0.4, -0.2) is 42.6 Å². The molecular weight excluding hydrogens is 320 g/mol. The molecule has 6 heteroatoms. The third-order valence-corrected chi connectivity index (χ3v) is 4.55. The summed E-state index contributed by atoms with van der Waals surface area (Å²) in [5.74, 6) is -0.0159. The van der Waals surface area contributed by atoms with Crippen molar-refractivity contribution in [3.63, 3.8) is 0 Å². The molecule has 2 amide bonds. The first kappa shape index (κ1) is 17.3. The van der Waals surface area contributed by atoms with Crippen molar-refractivity contribution in [1.29, 1.82) is 0 Å². The lowest BCUT2D eigenvalue weighted by atomic mass is 10.0. The molecule has 1 aliphatic rings. The highest BCUT2D eigenvalue weighted by Crippen LogP contribution is 2.23. The van der Waals surface area contributed by atoms with E-state index >= 15 is 0 Å². The first-order valence-electron chi connectivity index (χ1n) is 8.74. The molecule has 1 aromatic carbocycles. The summed E-state index contributed by atoms with van der Waals surface area (Å²) in [6, 6.07) is 6.08. The summed E-state index contributed by atoms with van der Waals surface area (Å²) in [6.07, 6.45) is 3.18. The fourth-order valence-corrected chi connectivity index (χ4v) is 3.20.